The van der Waals surface area contributed by atoms with Gasteiger partial charge in [0.15, 0.2) is 12.4 Å². The predicted molar refractivity (Wildman–Crippen MR) is 95.5 cm³/mol. The predicted octanol–water partition coefficient (Wildman–Crippen LogP) is 3.56. The molecule has 0 unspecified atom stereocenters. The summed E-state index contributed by atoms with van der Waals surface area (Å²) in [7, 11) is 0. The summed E-state index contributed by atoms with van der Waals surface area (Å²) < 4.78 is 5.09. The van der Waals surface area contributed by atoms with Gasteiger partial charge in [0.05, 0.1) is 6.42 Å². The molecule has 0 spiro atoms. The van der Waals surface area contributed by atoms with Gasteiger partial charge in [0.2, 0.25) is 5.91 Å². The van der Waals surface area contributed by atoms with E-state index in [1.807, 2.05) is 37.3 Å². The number of ketones is 1. The Kier molecular flexibility index (Phi) is 6.46. The molecule has 0 bridgehead atoms. The number of hydrogen-bond acceptors (Lipinski definition) is 4. The van der Waals surface area contributed by atoms with E-state index in [9.17, 15) is 14.4 Å². The van der Waals surface area contributed by atoms with E-state index in [1.165, 1.54) is 6.92 Å². The zero-order chi connectivity index (χ0) is 18.2. The van der Waals surface area contributed by atoms with Gasteiger partial charge in [-0.1, -0.05) is 37.3 Å². The van der Waals surface area contributed by atoms with Crippen molar-refractivity contribution in [3.8, 4) is 0 Å². The van der Waals surface area contributed by atoms with Crippen LogP contribution in [0.15, 0.2) is 54.6 Å². The van der Waals surface area contributed by atoms with Crippen molar-refractivity contribution >= 4 is 23.3 Å². The van der Waals surface area contributed by atoms with Crippen LogP contribution >= 0.6 is 0 Å². The zero-order valence-electron chi connectivity index (χ0n) is 14.3. The number of ether oxygens (including phenoxy) is 1. The van der Waals surface area contributed by atoms with Crippen LogP contribution in [-0.4, -0.2) is 24.3 Å². The van der Waals surface area contributed by atoms with Crippen molar-refractivity contribution in [2.75, 3.05) is 11.9 Å². The molecule has 0 heterocycles. The Hall–Kier alpha value is -2.95. The van der Waals surface area contributed by atoms with E-state index in [-0.39, 0.29) is 30.6 Å². The van der Waals surface area contributed by atoms with Gasteiger partial charge >= 0.3 is 5.97 Å². The number of carbonyl (C=O) groups excluding carboxylic acids is 3. The standard InChI is InChI=1S/C20H21NO4/c1-14(16-6-4-3-5-7-16)12-20(24)25-13-19(23)17-8-10-18(11-9-17)21-15(2)22/h3-11,14H,12-13H2,1-2H3,(H,21,22)/t14-/m0/s1. The Morgan fingerprint density at radius 2 is 1.64 bits per heavy atom. The quantitative estimate of drug-likeness (QED) is 0.618. The van der Waals surface area contributed by atoms with E-state index in [4.69, 9.17) is 4.74 Å². The summed E-state index contributed by atoms with van der Waals surface area (Å²) in [5, 5.41) is 2.62. The summed E-state index contributed by atoms with van der Waals surface area (Å²) >= 11 is 0. The largest absolute Gasteiger partial charge is 0.457 e. The second-order valence-corrected chi connectivity index (χ2v) is 5.86. The van der Waals surface area contributed by atoms with Crippen molar-refractivity contribution in [1.29, 1.82) is 0 Å². The van der Waals surface area contributed by atoms with Crippen LogP contribution in [0.1, 0.15) is 42.1 Å². The highest BCUT2D eigenvalue weighted by Gasteiger charge is 2.14. The number of anilines is 1. The molecule has 0 saturated heterocycles. The van der Waals surface area contributed by atoms with Gasteiger partial charge in [0.1, 0.15) is 0 Å². The summed E-state index contributed by atoms with van der Waals surface area (Å²) in [6.45, 7) is 3.06. The lowest BCUT2D eigenvalue weighted by molar-refractivity contribution is -0.142. The first-order valence-electron chi connectivity index (χ1n) is 8.07. The Bertz CT molecular complexity index is 738. The highest BCUT2D eigenvalue weighted by Crippen LogP contribution is 2.19. The van der Waals surface area contributed by atoms with Gasteiger partial charge in [-0.3, -0.25) is 14.4 Å². The third-order valence-electron chi connectivity index (χ3n) is 3.73. The van der Waals surface area contributed by atoms with Crippen molar-refractivity contribution < 1.29 is 19.1 Å². The highest BCUT2D eigenvalue weighted by molar-refractivity contribution is 5.98. The van der Waals surface area contributed by atoms with Crippen LogP contribution in [0.4, 0.5) is 5.69 Å². The van der Waals surface area contributed by atoms with Crippen molar-refractivity contribution in [2.45, 2.75) is 26.2 Å². The molecule has 2 rings (SSSR count). The molecule has 130 valence electrons. The Morgan fingerprint density at radius 1 is 1.00 bits per heavy atom. The number of carbonyl (C=O) groups is 3. The van der Waals surface area contributed by atoms with Gasteiger partial charge in [0.25, 0.3) is 0 Å². The summed E-state index contributed by atoms with van der Waals surface area (Å²) in [5.41, 5.74) is 2.09. The first-order chi connectivity index (χ1) is 12.0. The number of rotatable bonds is 7. The molecule has 1 N–H and O–H groups in total. The lowest BCUT2D eigenvalue weighted by Crippen LogP contribution is -2.15. The molecule has 0 aliphatic rings. The summed E-state index contributed by atoms with van der Waals surface area (Å²) in [5.74, 6) is -0.837. The lowest BCUT2D eigenvalue weighted by atomic mass is 9.98. The fourth-order valence-electron chi connectivity index (χ4n) is 2.38. The zero-order valence-corrected chi connectivity index (χ0v) is 14.3. The van der Waals surface area contributed by atoms with Gasteiger partial charge in [-0.25, -0.2) is 0 Å². The topological polar surface area (TPSA) is 72.5 Å². The third-order valence-corrected chi connectivity index (χ3v) is 3.73. The van der Waals surface area contributed by atoms with Gasteiger partial charge in [0, 0.05) is 18.2 Å². The fraction of sp³-hybridized carbons (Fsp3) is 0.250. The maximum Gasteiger partial charge on any atom is 0.306 e. The molecule has 2 aromatic rings. The molecular formula is C20H21NO4. The molecule has 5 nitrogen and oxygen atoms in total. The molecule has 0 radical (unpaired) electrons. The number of nitrogens with one attached hydrogen (secondary N) is 1. The van der Waals surface area contributed by atoms with Crippen LogP contribution in [0.5, 0.6) is 0 Å². The smallest absolute Gasteiger partial charge is 0.306 e. The number of Topliss-reactive ketones (excluding diaryl/α,β-unsaturated/α-hetero) is 1. The second kappa shape index (κ2) is 8.78. The third kappa shape index (κ3) is 5.88. The van der Waals surface area contributed by atoms with Crippen molar-refractivity contribution in [1.82, 2.24) is 0 Å². The monoisotopic (exact) mass is 339 g/mol. The average Bonchev–Trinajstić information content (AvgIpc) is 2.60. The average molecular weight is 339 g/mol. The van der Waals surface area contributed by atoms with Crippen LogP contribution in [0.2, 0.25) is 0 Å². The Morgan fingerprint density at radius 3 is 2.24 bits per heavy atom. The van der Waals surface area contributed by atoms with Crippen molar-refractivity contribution in [2.24, 2.45) is 0 Å². The van der Waals surface area contributed by atoms with Crippen LogP contribution in [0, 0.1) is 0 Å². The van der Waals surface area contributed by atoms with Gasteiger partial charge < -0.3 is 10.1 Å². The summed E-state index contributed by atoms with van der Waals surface area (Å²) in [4.78, 5) is 35.0. The Labute approximate surface area is 147 Å². The maximum absolute atomic E-state index is 12.1. The van der Waals surface area contributed by atoms with E-state index >= 15 is 0 Å². The SMILES string of the molecule is CC(=O)Nc1ccc(C(=O)COC(=O)C[C@H](C)c2ccccc2)cc1. The minimum atomic E-state index is -0.403. The molecular weight excluding hydrogens is 318 g/mol. The van der Waals surface area contributed by atoms with Crippen LogP contribution in [0.3, 0.4) is 0 Å². The molecule has 0 aromatic heterocycles. The van der Waals surface area contributed by atoms with Gasteiger partial charge in [-0.2, -0.15) is 0 Å². The first kappa shape index (κ1) is 18.4. The van der Waals surface area contributed by atoms with Crippen LogP contribution in [-0.2, 0) is 14.3 Å². The van der Waals surface area contributed by atoms with Gasteiger partial charge in [-0.05, 0) is 35.7 Å². The number of benzene rings is 2. The molecule has 0 saturated carbocycles. The van der Waals surface area contributed by atoms with Crippen LogP contribution in [0.25, 0.3) is 0 Å². The number of esters is 1. The highest BCUT2D eigenvalue weighted by atomic mass is 16.5. The minimum absolute atomic E-state index is 0.0285. The summed E-state index contributed by atoms with van der Waals surface area (Å²) in [6.07, 6.45) is 0.221. The molecule has 5 heteroatoms. The maximum atomic E-state index is 12.1. The van der Waals surface area contributed by atoms with E-state index in [2.05, 4.69) is 5.32 Å². The van der Waals surface area contributed by atoms with E-state index in [0.717, 1.165) is 5.56 Å². The minimum Gasteiger partial charge on any atom is -0.457 e. The number of hydrogen-bond donors (Lipinski definition) is 1. The van der Waals surface area contributed by atoms with Crippen LogP contribution < -0.4 is 5.32 Å². The van der Waals surface area contributed by atoms with E-state index in [0.29, 0.717) is 11.3 Å². The molecule has 0 aliphatic carbocycles. The molecule has 0 fully saturated rings. The summed E-state index contributed by atoms with van der Waals surface area (Å²) in [6, 6.07) is 16.1. The first-order valence-corrected chi connectivity index (χ1v) is 8.07. The second-order valence-electron chi connectivity index (χ2n) is 5.86. The Balaban J connectivity index is 1.82. The molecule has 1 amide bonds. The van der Waals surface area contributed by atoms with Gasteiger partial charge in [-0.15, -0.1) is 0 Å². The van der Waals surface area contributed by atoms with E-state index in [1.54, 1.807) is 24.3 Å². The van der Waals surface area contributed by atoms with Crippen molar-refractivity contribution in [3.63, 3.8) is 0 Å². The van der Waals surface area contributed by atoms with E-state index < -0.39 is 5.97 Å². The molecule has 0 aliphatic heterocycles. The lowest BCUT2D eigenvalue weighted by Gasteiger charge is -2.11. The fourth-order valence-corrected chi connectivity index (χ4v) is 2.38. The molecule has 1 atom stereocenters. The molecule has 25 heavy (non-hydrogen) atoms. The number of amides is 1. The molecule has 2 aromatic carbocycles. The van der Waals surface area contributed by atoms with Crippen molar-refractivity contribution in [3.05, 3.63) is 65.7 Å². The normalized spacial score (nSPS) is 11.4.